The van der Waals surface area contributed by atoms with Gasteiger partial charge in [-0.1, -0.05) is 25.5 Å². The van der Waals surface area contributed by atoms with E-state index in [1.54, 1.807) is 26.8 Å². The molecule has 0 bridgehead atoms. The van der Waals surface area contributed by atoms with Crippen LogP contribution in [0.3, 0.4) is 0 Å². The van der Waals surface area contributed by atoms with E-state index in [1.807, 2.05) is 0 Å². The normalized spacial score (nSPS) is 46.2. The van der Waals surface area contributed by atoms with Crippen molar-refractivity contribution in [1.29, 1.82) is 0 Å². The lowest BCUT2D eigenvalue weighted by molar-refractivity contribution is -0.220. The molecule has 4 rings (SSSR count). The van der Waals surface area contributed by atoms with Crippen molar-refractivity contribution in [2.24, 2.45) is 28.6 Å². The number of fused-ring (bicyclic) bond motifs is 5. The fourth-order valence-electron chi connectivity index (χ4n) is 7.56. The maximum Gasteiger partial charge on any atom is 0.308 e. The molecule has 3 N–H and O–H groups in total. The number of Topliss-reactive ketones (excluding diaryl/α,β-unsaturated/α-hetero) is 1. The molecule has 2 unspecified atom stereocenters. The van der Waals surface area contributed by atoms with E-state index in [0.29, 0.717) is 24.8 Å². The minimum Gasteiger partial charge on any atom is -0.457 e. The molecule has 182 valence electrons. The molecule has 3 fully saturated rings. The van der Waals surface area contributed by atoms with Gasteiger partial charge in [-0.15, -0.1) is 0 Å². The van der Waals surface area contributed by atoms with Crippen molar-refractivity contribution in [2.75, 3.05) is 13.2 Å². The van der Waals surface area contributed by atoms with Crippen molar-refractivity contribution in [3.63, 3.8) is 0 Å². The molecule has 0 aromatic carbocycles. The Labute approximate surface area is 192 Å². The monoisotopic (exact) mass is 464 g/mol. The summed E-state index contributed by atoms with van der Waals surface area (Å²) < 4.78 is 22.0. The van der Waals surface area contributed by atoms with E-state index in [2.05, 4.69) is 0 Å². The molecular weight excluding hydrogens is 431 g/mol. The average molecular weight is 465 g/mol. The summed E-state index contributed by atoms with van der Waals surface area (Å²) in [6.07, 6.45) is 3.84. The molecule has 0 saturated heterocycles. The average Bonchev–Trinajstić information content (AvgIpc) is 2.95. The highest BCUT2D eigenvalue weighted by atomic mass is 19.1. The minimum absolute atomic E-state index is 0.132. The molecule has 0 aromatic rings. The Morgan fingerprint density at radius 1 is 1.27 bits per heavy atom. The van der Waals surface area contributed by atoms with Gasteiger partial charge in [-0.2, -0.15) is 0 Å². The first-order valence-electron chi connectivity index (χ1n) is 11.7. The zero-order chi connectivity index (χ0) is 24.4. The fourth-order valence-corrected chi connectivity index (χ4v) is 7.56. The smallest absolute Gasteiger partial charge is 0.308 e. The first kappa shape index (κ1) is 24.2. The molecule has 7 nitrogen and oxygen atoms in total. The Morgan fingerprint density at radius 3 is 2.64 bits per heavy atom. The Bertz CT molecular complexity index is 943. The Balaban J connectivity index is 1.69. The number of ketones is 2. The van der Waals surface area contributed by atoms with Crippen LogP contribution in [-0.4, -0.2) is 63.4 Å². The Hall–Kier alpha value is -1.90. The number of carbonyl (C=O) groups is 3. The molecular formula is C25H33FO7. The van der Waals surface area contributed by atoms with E-state index >= 15 is 4.39 Å². The molecule has 0 radical (unpaired) electrons. The second-order valence-electron chi connectivity index (χ2n) is 10.7. The van der Waals surface area contributed by atoms with Crippen molar-refractivity contribution >= 4 is 17.5 Å². The van der Waals surface area contributed by atoms with Gasteiger partial charge < -0.3 is 20.1 Å². The van der Waals surface area contributed by atoms with Gasteiger partial charge in [-0.3, -0.25) is 14.4 Å². The molecule has 0 aromatic heterocycles. The van der Waals surface area contributed by atoms with E-state index in [4.69, 9.17) is 9.84 Å². The second kappa shape index (κ2) is 7.82. The van der Waals surface area contributed by atoms with Crippen molar-refractivity contribution in [1.82, 2.24) is 0 Å². The first-order chi connectivity index (χ1) is 15.4. The highest BCUT2D eigenvalue weighted by Gasteiger charge is 2.75. The van der Waals surface area contributed by atoms with Gasteiger partial charge in [0.15, 0.2) is 18.1 Å². The predicted octanol–water partition coefficient (Wildman–Crippen LogP) is 1.83. The Morgan fingerprint density at radius 2 is 1.97 bits per heavy atom. The van der Waals surface area contributed by atoms with Crippen LogP contribution in [0.25, 0.3) is 0 Å². The second-order valence-corrected chi connectivity index (χ2v) is 10.7. The highest BCUT2D eigenvalue weighted by Crippen LogP contribution is 2.70. The van der Waals surface area contributed by atoms with Crippen molar-refractivity contribution in [3.8, 4) is 0 Å². The van der Waals surface area contributed by atoms with Crippen LogP contribution in [0, 0.1) is 28.6 Å². The summed E-state index contributed by atoms with van der Waals surface area (Å²) in [6.45, 7) is 4.13. The van der Waals surface area contributed by atoms with Crippen LogP contribution in [0.15, 0.2) is 23.8 Å². The van der Waals surface area contributed by atoms with Gasteiger partial charge in [-0.05, 0) is 56.6 Å². The molecule has 8 atom stereocenters. The number of rotatable bonds is 5. The summed E-state index contributed by atoms with van der Waals surface area (Å²) in [5.74, 6) is -3.13. The summed E-state index contributed by atoms with van der Waals surface area (Å²) in [6, 6.07) is 0. The molecule has 3 saturated carbocycles. The lowest BCUT2D eigenvalue weighted by Crippen LogP contribution is -2.69. The summed E-state index contributed by atoms with van der Waals surface area (Å²) in [5.41, 5.74) is -5.52. The zero-order valence-electron chi connectivity index (χ0n) is 19.3. The van der Waals surface area contributed by atoms with Crippen molar-refractivity contribution in [2.45, 2.75) is 70.2 Å². The molecule has 0 amide bonds. The maximum absolute atomic E-state index is 17.1. The standard InChI is InChI=1S/C25H33FO7/c1-14-10-18-17-5-4-15-11-16(28)6-8-22(15,2)24(17,26)19(29)12-23(18,3)25(14,32)20(30)13-33-21(31)7-9-27/h6,8,11,14,17-19,27,29,32H,4-5,7,9-10,12-13H2,1-3H3/t14-,17?,18?,19+,22+,23+,24+,25+/m1/s1. The highest BCUT2D eigenvalue weighted by molar-refractivity contribution is 6.01. The van der Waals surface area contributed by atoms with Crippen LogP contribution >= 0.6 is 0 Å². The lowest BCUT2D eigenvalue weighted by Gasteiger charge is -2.62. The van der Waals surface area contributed by atoms with Crippen LogP contribution in [0.4, 0.5) is 4.39 Å². The fraction of sp³-hybridized carbons (Fsp3) is 0.720. The van der Waals surface area contributed by atoms with Gasteiger partial charge in [-0.25, -0.2) is 4.39 Å². The van der Waals surface area contributed by atoms with Gasteiger partial charge >= 0.3 is 5.97 Å². The molecule has 0 aliphatic heterocycles. The number of esters is 1. The minimum atomic E-state index is -2.04. The van der Waals surface area contributed by atoms with E-state index in [1.165, 1.54) is 12.2 Å². The van der Waals surface area contributed by atoms with Crippen LogP contribution < -0.4 is 0 Å². The predicted molar refractivity (Wildman–Crippen MR) is 116 cm³/mol. The molecule has 8 heteroatoms. The molecule has 4 aliphatic rings. The van der Waals surface area contributed by atoms with Crippen molar-refractivity contribution < 1.29 is 38.8 Å². The van der Waals surface area contributed by atoms with Gasteiger partial charge in [0.2, 0.25) is 5.78 Å². The van der Waals surface area contributed by atoms with Crippen molar-refractivity contribution in [3.05, 3.63) is 23.8 Å². The third-order valence-corrected chi connectivity index (χ3v) is 9.33. The first-order valence-corrected chi connectivity index (χ1v) is 11.7. The number of carbonyl (C=O) groups excluding carboxylic acids is 3. The third kappa shape index (κ3) is 3.06. The Kier molecular flexibility index (Phi) is 5.74. The summed E-state index contributed by atoms with van der Waals surface area (Å²) in [5, 5.41) is 31.9. The van der Waals surface area contributed by atoms with Gasteiger partial charge in [0.25, 0.3) is 0 Å². The number of alkyl halides is 1. The van der Waals surface area contributed by atoms with Gasteiger partial charge in [0, 0.05) is 16.7 Å². The van der Waals surface area contributed by atoms with E-state index in [-0.39, 0.29) is 24.5 Å². The van der Waals surface area contributed by atoms with E-state index < -0.39 is 65.0 Å². The molecule has 33 heavy (non-hydrogen) atoms. The SMILES string of the molecule is C[C@@H]1CC2C3CCC4=CC(=O)C=C[C@]4(C)[C@@]3(F)[C@@H](O)C[C@]2(C)[C@@]1(O)C(=O)COC(=O)CCO. The number of aliphatic hydroxyl groups excluding tert-OH is 2. The van der Waals surface area contributed by atoms with E-state index in [9.17, 15) is 24.6 Å². The van der Waals surface area contributed by atoms with Crippen LogP contribution in [0.2, 0.25) is 0 Å². The lowest BCUT2D eigenvalue weighted by atomic mass is 9.44. The number of aliphatic hydroxyl groups is 3. The van der Waals surface area contributed by atoms with Gasteiger partial charge in [0.1, 0.15) is 5.60 Å². The zero-order valence-corrected chi connectivity index (χ0v) is 19.3. The topological polar surface area (TPSA) is 121 Å². The number of ether oxygens (including phenoxy) is 1. The third-order valence-electron chi connectivity index (χ3n) is 9.33. The summed E-state index contributed by atoms with van der Waals surface area (Å²) >= 11 is 0. The molecule has 4 aliphatic carbocycles. The van der Waals surface area contributed by atoms with Gasteiger partial charge in [0.05, 0.1) is 19.1 Å². The van der Waals surface area contributed by atoms with Crippen LogP contribution in [0.5, 0.6) is 0 Å². The van der Waals surface area contributed by atoms with Crippen LogP contribution in [-0.2, 0) is 19.1 Å². The summed E-state index contributed by atoms with van der Waals surface area (Å²) in [7, 11) is 0. The largest absolute Gasteiger partial charge is 0.457 e. The number of hydrogen-bond donors (Lipinski definition) is 3. The molecule has 0 spiro atoms. The quantitative estimate of drug-likeness (QED) is 0.531. The molecule has 0 heterocycles. The number of allylic oxidation sites excluding steroid dienone is 4. The summed E-state index contributed by atoms with van der Waals surface area (Å²) in [4.78, 5) is 36.8. The maximum atomic E-state index is 17.1. The van der Waals surface area contributed by atoms with E-state index in [0.717, 1.165) is 0 Å². The van der Waals surface area contributed by atoms with Crippen LogP contribution in [0.1, 0.15) is 52.9 Å². The number of hydrogen-bond acceptors (Lipinski definition) is 7. The number of halogens is 1.